The van der Waals surface area contributed by atoms with E-state index in [0.717, 1.165) is 12.1 Å². The number of phenolic OH excluding ortho intramolecular Hbond substituents is 1. The number of nitrogens with zero attached hydrogens (tertiary/aromatic N) is 1. The van der Waals surface area contributed by atoms with Gasteiger partial charge in [0.15, 0.2) is 11.9 Å². The number of anilines is 2. The summed E-state index contributed by atoms with van der Waals surface area (Å²) in [4.78, 5) is 21.4. The van der Waals surface area contributed by atoms with Gasteiger partial charge in [0.2, 0.25) is 0 Å². The largest absolute Gasteiger partial charge is 0.502 e. The zero-order valence-corrected chi connectivity index (χ0v) is 15.0. The number of nitrogens with one attached hydrogen (secondary N) is 2. The molecule has 1 aliphatic rings. The van der Waals surface area contributed by atoms with E-state index in [-0.39, 0.29) is 22.1 Å². The summed E-state index contributed by atoms with van der Waals surface area (Å²) in [5, 5.41) is 23.2. The second-order valence-corrected chi connectivity index (χ2v) is 7.58. The molecule has 1 heterocycles. The molecule has 0 aliphatic carbocycles. The van der Waals surface area contributed by atoms with Gasteiger partial charge in [0.05, 0.1) is 21.2 Å². The maximum absolute atomic E-state index is 12.7. The molecular weight excluding hydrogens is 378 g/mol. The first-order chi connectivity index (χ1) is 12.6. The van der Waals surface area contributed by atoms with Crippen molar-refractivity contribution in [3.8, 4) is 11.5 Å². The number of amides is 1. The average Bonchev–Trinajstić information content (AvgIpc) is 2.55. The minimum absolute atomic E-state index is 0.127. The van der Waals surface area contributed by atoms with Gasteiger partial charge in [-0.1, -0.05) is 0 Å². The van der Waals surface area contributed by atoms with Crippen molar-refractivity contribution in [3.05, 3.63) is 46.0 Å². The van der Waals surface area contributed by atoms with E-state index in [9.17, 15) is 28.4 Å². The molecule has 142 valence electrons. The van der Waals surface area contributed by atoms with Crippen LogP contribution in [0.4, 0.5) is 17.1 Å². The predicted octanol–water partition coefficient (Wildman–Crippen LogP) is 2.13. The van der Waals surface area contributed by atoms with Gasteiger partial charge in [-0.05, 0) is 43.7 Å². The first-order valence-corrected chi connectivity index (χ1v) is 9.19. The van der Waals surface area contributed by atoms with Crippen LogP contribution >= 0.6 is 0 Å². The minimum Gasteiger partial charge on any atom is -0.502 e. The average molecular weight is 393 g/mol. The molecule has 10 nitrogen and oxygen atoms in total. The molecule has 0 bridgehead atoms. The van der Waals surface area contributed by atoms with E-state index in [0.29, 0.717) is 11.4 Å². The summed E-state index contributed by atoms with van der Waals surface area (Å²) in [6, 6.07) is 6.10. The maximum atomic E-state index is 12.7. The Morgan fingerprint density at radius 2 is 2.00 bits per heavy atom. The van der Waals surface area contributed by atoms with Gasteiger partial charge in [-0.3, -0.25) is 19.6 Å². The van der Waals surface area contributed by atoms with Crippen molar-refractivity contribution in [2.45, 2.75) is 24.8 Å². The maximum Gasteiger partial charge on any atom is 0.312 e. The van der Waals surface area contributed by atoms with Gasteiger partial charge in [-0.25, -0.2) is 8.42 Å². The number of phenols is 1. The molecule has 1 atom stereocenters. The molecule has 0 saturated heterocycles. The standard InChI is InChI=1S/C16H15N3O7S/c1-8-5-13(20)12(19(22)23)7-15(8)27(24,25)18-10-3-4-14-11(6-10)17-16(21)9(2)26-14/h3-7,9,18,20H,1-2H3,(H,17,21). The third-order valence-corrected chi connectivity index (χ3v) is 5.44. The van der Waals surface area contributed by atoms with Gasteiger partial charge >= 0.3 is 5.69 Å². The van der Waals surface area contributed by atoms with E-state index in [2.05, 4.69) is 10.0 Å². The van der Waals surface area contributed by atoms with Crippen molar-refractivity contribution in [1.29, 1.82) is 0 Å². The van der Waals surface area contributed by atoms with Crippen LogP contribution in [0.2, 0.25) is 0 Å². The Labute approximate surface area is 154 Å². The van der Waals surface area contributed by atoms with Gasteiger partial charge in [-0.2, -0.15) is 0 Å². The monoisotopic (exact) mass is 393 g/mol. The van der Waals surface area contributed by atoms with Crippen LogP contribution in [0.5, 0.6) is 11.5 Å². The topological polar surface area (TPSA) is 148 Å². The molecule has 0 fully saturated rings. The molecule has 2 aromatic carbocycles. The summed E-state index contributed by atoms with van der Waals surface area (Å²) in [6.45, 7) is 2.98. The SMILES string of the molecule is Cc1cc(O)c([N+](=O)[O-])cc1S(=O)(=O)Nc1ccc2c(c1)NC(=O)C(C)O2. The lowest BCUT2D eigenvalue weighted by Crippen LogP contribution is -2.34. The molecular formula is C16H15N3O7S. The molecule has 1 amide bonds. The first kappa shape index (κ1) is 18.5. The van der Waals surface area contributed by atoms with E-state index >= 15 is 0 Å². The Morgan fingerprint density at radius 3 is 2.67 bits per heavy atom. The lowest BCUT2D eigenvalue weighted by molar-refractivity contribution is -0.386. The highest BCUT2D eigenvalue weighted by Crippen LogP contribution is 2.35. The summed E-state index contributed by atoms with van der Waals surface area (Å²) in [6.07, 6.45) is -0.666. The molecule has 11 heteroatoms. The van der Waals surface area contributed by atoms with Crippen molar-refractivity contribution in [2.75, 3.05) is 10.0 Å². The van der Waals surface area contributed by atoms with Gasteiger partial charge in [0.25, 0.3) is 15.9 Å². The molecule has 3 N–H and O–H groups in total. The normalized spacial score (nSPS) is 16.1. The Kier molecular flexibility index (Phi) is 4.39. The Balaban J connectivity index is 1.96. The number of carbonyl (C=O) groups is 1. The van der Waals surface area contributed by atoms with E-state index in [1.165, 1.54) is 25.1 Å². The number of aromatic hydroxyl groups is 1. The number of hydrogen-bond donors (Lipinski definition) is 3. The van der Waals surface area contributed by atoms with E-state index in [4.69, 9.17) is 4.74 Å². The van der Waals surface area contributed by atoms with Crippen LogP contribution in [0, 0.1) is 17.0 Å². The Morgan fingerprint density at radius 1 is 1.30 bits per heavy atom. The molecule has 0 spiro atoms. The first-order valence-electron chi connectivity index (χ1n) is 7.71. The Hall–Kier alpha value is -3.34. The summed E-state index contributed by atoms with van der Waals surface area (Å²) >= 11 is 0. The molecule has 1 unspecified atom stereocenters. The van der Waals surface area contributed by atoms with E-state index in [1.54, 1.807) is 6.92 Å². The lowest BCUT2D eigenvalue weighted by Gasteiger charge is -2.23. The number of benzene rings is 2. The number of nitro benzene ring substituents is 1. The van der Waals surface area contributed by atoms with Crippen LogP contribution in [0.25, 0.3) is 0 Å². The van der Waals surface area contributed by atoms with Gasteiger partial charge in [0.1, 0.15) is 5.75 Å². The van der Waals surface area contributed by atoms with Crippen molar-refractivity contribution >= 4 is 33.0 Å². The zero-order valence-electron chi connectivity index (χ0n) is 14.2. The fraction of sp³-hybridized carbons (Fsp3) is 0.188. The van der Waals surface area contributed by atoms with Crippen molar-refractivity contribution in [2.24, 2.45) is 0 Å². The van der Waals surface area contributed by atoms with Gasteiger partial charge in [0, 0.05) is 6.07 Å². The molecule has 1 aliphatic heterocycles. The van der Waals surface area contributed by atoms with Crippen molar-refractivity contribution in [3.63, 3.8) is 0 Å². The van der Waals surface area contributed by atoms with Gasteiger partial charge < -0.3 is 15.2 Å². The molecule has 27 heavy (non-hydrogen) atoms. The quantitative estimate of drug-likeness (QED) is 0.532. The van der Waals surface area contributed by atoms with Crippen LogP contribution in [0.15, 0.2) is 35.2 Å². The molecule has 2 aromatic rings. The molecule has 3 rings (SSSR count). The zero-order chi connectivity index (χ0) is 19.9. The van der Waals surface area contributed by atoms with Gasteiger partial charge in [-0.15, -0.1) is 0 Å². The van der Waals surface area contributed by atoms with Crippen LogP contribution < -0.4 is 14.8 Å². The van der Waals surface area contributed by atoms with Crippen molar-refractivity contribution < 1.29 is 28.0 Å². The van der Waals surface area contributed by atoms with E-state index < -0.39 is 32.5 Å². The number of sulfonamides is 1. The predicted molar refractivity (Wildman–Crippen MR) is 95.5 cm³/mol. The van der Waals surface area contributed by atoms with Crippen LogP contribution in [-0.2, 0) is 14.8 Å². The number of nitro groups is 1. The third kappa shape index (κ3) is 3.49. The van der Waals surface area contributed by atoms with Crippen LogP contribution in [0.3, 0.4) is 0 Å². The number of carbonyl (C=O) groups excluding carboxylic acids is 1. The highest BCUT2D eigenvalue weighted by atomic mass is 32.2. The fourth-order valence-electron chi connectivity index (χ4n) is 2.58. The smallest absolute Gasteiger partial charge is 0.312 e. The van der Waals surface area contributed by atoms with Crippen LogP contribution in [0.1, 0.15) is 12.5 Å². The number of ether oxygens (including phenoxy) is 1. The number of hydrogen-bond acceptors (Lipinski definition) is 7. The highest BCUT2D eigenvalue weighted by molar-refractivity contribution is 7.92. The number of aryl methyl sites for hydroxylation is 1. The summed E-state index contributed by atoms with van der Waals surface area (Å²) in [5.41, 5.74) is -0.163. The number of rotatable bonds is 4. The second-order valence-electron chi connectivity index (χ2n) is 5.93. The highest BCUT2D eigenvalue weighted by Gasteiger charge is 2.26. The minimum atomic E-state index is -4.19. The molecule has 0 saturated carbocycles. The third-order valence-electron chi connectivity index (χ3n) is 3.92. The summed E-state index contributed by atoms with van der Waals surface area (Å²) < 4.78 is 33.0. The number of fused-ring (bicyclic) bond motifs is 1. The molecule has 0 radical (unpaired) electrons. The second kappa shape index (κ2) is 6.43. The Bertz CT molecular complexity index is 1070. The fourth-order valence-corrected chi connectivity index (χ4v) is 3.88. The van der Waals surface area contributed by atoms with Crippen LogP contribution in [-0.4, -0.2) is 30.5 Å². The molecule has 0 aromatic heterocycles. The summed E-state index contributed by atoms with van der Waals surface area (Å²) in [5.74, 6) is -0.603. The summed E-state index contributed by atoms with van der Waals surface area (Å²) in [7, 11) is -4.19. The van der Waals surface area contributed by atoms with Crippen molar-refractivity contribution in [1.82, 2.24) is 0 Å². The lowest BCUT2D eigenvalue weighted by atomic mass is 10.2. The van der Waals surface area contributed by atoms with E-state index in [1.807, 2.05) is 0 Å².